The molecule has 2 saturated heterocycles. The van der Waals surface area contributed by atoms with Gasteiger partial charge in [-0.1, -0.05) is 12.8 Å². The van der Waals surface area contributed by atoms with Gasteiger partial charge in [0, 0.05) is 6.54 Å². The molecule has 0 bridgehead atoms. The monoisotopic (exact) mass is 266 g/mol. The molecular formula is C14H22N2O3. The van der Waals surface area contributed by atoms with Crippen LogP contribution >= 0.6 is 0 Å². The molecule has 3 rings (SSSR count). The van der Waals surface area contributed by atoms with E-state index in [1.807, 2.05) is 0 Å². The lowest BCUT2D eigenvalue weighted by Crippen LogP contribution is -2.47. The predicted octanol–water partition coefficient (Wildman–Crippen LogP) is 1.81. The third-order valence-electron chi connectivity index (χ3n) is 4.94. The number of ether oxygens (including phenoxy) is 1. The SMILES string of the molecule is CC1(C)C(=O)NC(=O)N1CC1CCC2(CCCC2)O1. The number of amides is 3. The van der Waals surface area contributed by atoms with E-state index in [0.717, 1.165) is 25.7 Å². The quantitative estimate of drug-likeness (QED) is 0.775. The number of hydrogen-bond donors (Lipinski definition) is 1. The molecule has 1 atom stereocenters. The highest BCUT2D eigenvalue weighted by Gasteiger charge is 2.49. The number of urea groups is 1. The number of carbonyl (C=O) groups is 2. The van der Waals surface area contributed by atoms with Crippen LogP contribution < -0.4 is 5.32 Å². The summed E-state index contributed by atoms with van der Waals surface area (Å²) >= 11 is 0. The Kier molecular flexibility index (Phi) is 2.85. The van der Waals surface area contributed by atoms with E-state index in [-0.39, 0.29) is 23.6 Å². The van der Waals surface area contributed by atoms with Crippen LogP contribution in [0.2, 0.25) is 0 Å². The molecule has 3 amide bonds. The molecule has 0 aromatic rings. The Morgan fingerprint density at radius 3 is 2.53 bits per heavy atom. The van der Waals surface area contributed by atoms with Crippen molar-refractivity contribution >= 4 is 11.9 Å². The second-order valence-corrected chi connectivity index (χ2v) is 6.60. The number of rotatable bonds is 2. The van der Waals surface area contributed by atoms with E-state index in [9.17, 15) is 9.59 Å². The summed E-state index contributed by atoms with van der Waals surface area (Å²) in [7, 11) is 0. The van der Waals surface area contributed by atoms with Crippen LogP contribution in [0.4, 0.5) is 4.79 Å². The van der Waals surface area contributed by atoms with Gasteiger partial charge in [-0.25, -0.2) is 4.79 Å². The van der Waals surface area contributed by atoms with E-state index in [2.05, 4.69) is 5.32 Å². The van der Waals surface area contributed by atoms with Gasteiger partial charge in [0.25, 0.3) is 5.91 Å². The van der Waals surface area contributed by atoms with Crippen molar-refractivity contribution < 1.29 is 14.3 Å². The predicted molar refractivity (Wildman–Crippen MR) is 69.6 cm³/mol. The van der Waals surface area contributed by atoms with Crippen LogP contribution in [0.15, 0.2) is 0 Å². The van der Waals surface area contributed by atoms with Gasteiger partial charge in [-0.15, -0.1) is 0 Å². The lowest BCUT2D eigenvalue weighted by atomic mass is 9.98. The van der Waals surface area contributed by atoms with Crippen LogP contribution in [0, 0.1) is 0 Å². The minimum atomic E-state index is -0.758. The standard InChI is InChI=1S/C14H22N2O3/c1-13(2)11(17)15-12(18)16(13)9-10-5-8-14(19-10)6-3-4-7-14/h10H,3-9H2,1-2H3,(H,15,17,18). The van der Waals surface area contributed by atoms with Crippen LogP contribution in [0.3, 0.4) is 0 Å². The minimum absolute atomic E-state index is 0.0778. The van der Waals surface area contributed by atoms with Gasteiger partial charge >= 0.3 is 6.03 Å². The molecule has 5 heteroatoms. The second-order valence-electron chi connectivity index (χ2n) is 6.60. The zero-order valence-electron chi connectivity index (χ0n) is 11.7. The average molecular weight is 266 g/mol. The maximum absolute atomic E-state index is 11.8. The minimum Gasteiger partial charge on any atom is -0.370 e. The van der Waals surface area contributed by atoms with E-state index < -0.39 is 5.54 Å². The van der Waals surface area contributed by atoms with Gasteiger partial charge in [0.2, 0.25) is 0 Å². The van der Waals surface area contributed by atoms with Crippen molar-refractivity contribution in [1.82, 2.24) is 10.2 Å². The fourth-order valence-corrected chi connectivity index (χ4v) is 3.62. The van der Waals surface area contributed by atoms with Gasteiger partial charge in [0.05, 0.1) is 11.7 Å². The molecule has 3 aliphatic rings. The average Bonchev–Trinajstić information content (AvgIpc) is 3.00. The molecule has 0 aromatic heterocycles. The van der Waals surface area contributed by atoms with Crippen molar-refractivity contribution in [3.8, 4) is 0 Å². The Balaban J connectivity index is 1.66. The Hall–Kier alpha value is -1.10. The van der Waals surface area contributed by atoms with Gasteiger partial charge in [-0.3, -0.25) is 10.1 Å². The maximum atomic E-state index is 11.8. The normalized spacial score (nSPS) is 32.3. The lowest BCUT2D eigenvalue weighted by Gasteiger charge is -2.31. The Labute approximate surface area is 113 Å². The highest BCUT2D eigenvalue weighted by molar-refractivity contribution is 6.06. The molecule has 2 aliphatic heterocycles. The first-order valence-corrected chi connectivity index (χ1v) is 7.24. The van der Waals surface area contributed by atoms with Crippen molar-refractivity contribution in [1.29, 1.82) is 0 Å². The third kappa shape index (κ3) is 2.04. The summed E-state index contributed by atoms with van der Waals surface area (Å²) in [6, 6.07) is -0.286. The Morgan fingerprint density at radius 2 is 1.95 bits per heavy atom. The fourth-order valence-electron chi connectivity index (χ4n) is 3.62. The molecule has 0 radical (unpaired) electrons. The Morgan fingerprint density at radius 1 is 1.26 bits per heavy atom. The van der Waals surface area contributed by atoms with Gasteiger partial charge in [0.1, 0.15) is 5.54 Å². The summed E-state index contributed by atoms with van der Waals surface area (Å²) in [5.74, 6) is -0.217. The molecule has 2 heterocycles. The number of hydrogen-bond acceptors (Lipinski definition) is 3. The van der Waals surface area contributed by atoms with Crippen molar-refractivity contribution in [2.24, 2.45) is 0 Å². The summed E-state index contributed by atoms with van der Waals surface area (Å²) in [4.78, 5) is 25.2. The first kappa shape index (κ1) is 12.9. The zero-order chi connectivity index (χ0) is 13.7. The molecule has 1 unspecified atom stereocenters. The molecule has 3 fully saturated rings. The molecule has 19 heavy (non-hydrogen) atoms. The molecule has 1 spiro atoms. The number of carbonyl (C=O) groups excluding carboxylic acids is 2. The van der Waals surface area contributed by atoms with Crippen LogP contribution in [0.1, 0.15) is 52.4 Å². The second kappa shape index (κ2) is 4.20. The summed E-state index contributed by atoms with van der Waals surface area (Å²) in [5.41, 5.74) is -0.680. The van der Waals surface area contributed by atoms with E-state index >= 15 is 0 Å². The lowest BCUT2D eigenvalue weighted by molar-refractivity contribution is -0.125. The highest BCUT2D eigenvalue weighted by atomic mass is 16.5. The zero-order valence-corrected chi connectivity index (χ0v) is 11.7. The molecule has 5 nitrogen and oxygen atoms in total. The topological polar surface area (TPSA) is 58.6 Å². The third-order valence-corrected chi connectivity index (χ3v) is 4.94. The van der Waals surface area contributed by atoms with Crippen LogP contribution in [0.25, 0.3) is 0 Å². The number of imide groups is 1. The molecular weight excluding hydrogens is 244 g/mol. The van der Waals surface area contributed by atoms with Crippen molar-refractivity contribution in [3.63, 3.8) is 0 Å². The van der Waals surface area contributed by atoms with Gasteiger partial charge < -0.3 is 9.64 Å². The highest BCUT2D eigenvalue weighted by Crippen LogP contribution is 2.43. The largest absolute Gasteiger partial charge is 0.370 e. The van der Waals surface area contributed by atoms with E-state index in [1.165, 1.54) is 12.8 Å². The smallest absolute Gasteiger partial charge is 0.325 e. The molecule has 1 aliphatic carbocycles. The summed E-state index contributed by atoms with van der Waals surface area (Å²) in [6.45, 7) is 4.09. The maximum Gasteiger partial charge on any atom is 0.325 e. The van der Waals surface area contributed by atoms with Crippen molar-refractivity contribution in [3.05, 3.63) is 0 Å². The summed E-state index contributed by atoms with van der Waals surface area (Å²) in [5, 5.41) is 2.38. The van der Waals surface area contributed by atoms with E-state index in [4.69, 9.17) is 4.74 Å². The van der Waals surface area contributed by atoms with E-state index in [0.29, 0.717) is 6.54 Å². The van der Waals surface area contributed by atoms with E-state index in [1.54, 1.807) is 18.7 Å². The van der Waals surface area contributed by atoms with Gasteiger partial charge in [0.15, 0.2) is 0 Å². The Bertz CT molecular complexity index is 413. The first-order chi connectivity index (χ1) is 8.93. The van der Waals surface area contributed by atoms with Crippen LogP contribution in [0.5, 0.6) is 0 Å². The molecule has 1 saturated carbocycles. The molecule has 0 aromatic carbocycles. The van der Waals surface area contributed by atoms with Crippen LogP contribution in [-0.4, -0.2) is 40.6 Å². The van der Waals surface area contributed by atoms with Gasteiger partial charge in [-0.2, -0.15) is 0 Å². The summed E-state index contributed by atoms with van der Waals surface area (Å²) in [6.07, 6.45) is 6.97. The summed E-state index contributed by atoms with van der Waals surface area (Å²) < 4.78 is 6.22. The van der Waals surface area contributed by atoms with Crippen molar-refractivity contribution in [2.75, 3.05) is 6.54 Å². The first-order valence-electron chi connectivity index (χ1n) is 7.24. The number of nitrogens with zero attached hydrogens (tertiary/aromatic N) is 1. The van der Waals surface area contributed by atoms with Crippen LogP contribution in [-0.2, 0) is 9.53 Å². The van der Waals surface area contributed by atoms with Gasteiger partial charge in [-0.05, 0) is 39.5 Å². The fraction of sp³-hybridized carbons (Fsp3) is 0.857. The number of nitrogens with one attached hydrogen (secondary N) is 1. The molecule has 1 N–H and O–H groups in total. The van der Waals surface area contributed by atoms with Crippen molar-refractivity contribution in [2.45, 2.75) is 69.6 Å². The molecule has 106 valence electrons.